The van der Waals surface area contributed by atoms with E-state index in [9.17, 15) is 0 Å². The van der Waals surface area contributed by atoms with Gasteiger partial charge in [0.25, 0.3) is 0 Å². The van der Waals surface area contributed by atoms with Crippen LogP contribution in [0.3, 0.4) is 0 Å². The quantitative estimate of drug-likeness (QED) is 0.714. The van der Waals surface area contributed by atoms with Crippen molar-refractivity contribution in [3.8, 4) is 16.9 Å². The Labute approximate surface area is 137 Å². The molecular formula is C22H20O. The zero-order valence-corrected chi connectivity index (χ0v) is 13.6. The van der Waals surface area contributed by atoms with Gasteiger partial charge in [-0.3, -0.25) is 0 Å². The Morgan fingerprint density at radius 1 is 1.00 bits per heavy atom. The van der Waals surface area contributed by atoms with Crippen molar-refractivity contribution in [2.45, 2.75) is 25.7 Å². The lowest BCUT2D eigenvalue weighted by molar-refractivity contribution is 0.414. The van der Waals surface area contributed by atoms with Crippen LogP contribution in [0.1, 0.15) is 36.8 Å². The van der Waals surface area contributed by atoms with Crippen LogP contribution in [-0.2, 0) is 0 Å². The van der Waals surface area contributed by atoms with Gasteiger partial charge in [-0.25, -0.2) is 0 Å². The Kier molecular flexibility index (Phi) is 2.64. The van der Waals surface area contributed by atoms with E-state index in [1.807, 2.05) is 0 Å². The Morgan fingerprint density at radius 3 is 2.61 bits per heavy atom. The van der Waals surface area contributed by atoms with Gasteiger partial charge in [0.15, 0.2) is 0 Å². The SMILES string of the molecule is COc1ccc2c(c1)C(C1=C3CC(C)C3=CC1)c1ccccc1-2. The van der Waals surface area contributed by atoms with Crippen molar-refractivity contribution >= 4 is 0 Å². The molecule has 2 atom stereocenters. The Hall–Kier alpha value is -2.28. The van der Waals surface area contributed by atoms with E-state index in [1.165, 1.54) is 28.7 Å². The van der Waals surface area contributed by atoms with Gasteiger partial charge in [-0.05, 0) is 64.3 Å². The van der Waals surface area contributed by atoms with E-state index in [1.54, 1.807) is 23.8 Å². The fraction of sp³-hybridized carbons (Fsp3) is 0.273. The minimum atomic E-state index is 0.410. The summed E-state index contributed by atoms with van der Waals surface area (Å²) in [6.45, 7) is 2.35. The van der Waals surface area contributed by atoms with Crippen molar-refractivity contribution in [1.29, 1.82) is 0 Å². The molecule has 5 rings (SSSR count). The van der Waals surface area contributed by atoms with Crippen LogP contribution >= 0.6 is 0 Å². The van der Waals surface area contributed by atoms with E-state index < -0.39 is 0 Å². The van der Waals surface area contributed by atoms with Gasteiger partial charge < -0.3 is 4.74 Å². The number of fused-ring (bicyclic) bond motifs is 4. The minimum Gasteiger partial charge on any atom is -0.497 e. The molecule has 2 aromatic carbocycles. The highest BCUT2D eigenvalue weighted by Gasteiger charge is 2.38. The van der Waals surface area contributed by atoms with E-state index in [2.05, 4.69) is 55.5 Å². The fourth-order valence-electron chi connectivity index (χ4n) is 4.67. The van der Waals surface area contributed by atoms with Gasteiger partial charge in [0.2, 0.25) is 0 Å². The lowest BCUT2D eigenvalue weighted by Gasteiger charge is -2.31. The van der Waals surface area contributed by atoms with Crippen molar-refractivity contribution < 1.29 is 4.74 Å². The van der Waals surface area contributed by atoms with Gasteiger partial charge in [0.05, 0.1) is 7.11 Å². The predicted molar refractivity (Wildman–Crippen MR) is 93.8 cm³/mol. The molecule has 0 radical (unpaired) electrons. The van der Waals surface area contributed by atoms with Gasteiger partial charge in [0.1, 0.15) is 5.75 Å². The van der Waals surface area contributed by atoms with Crippen molar-refractivity contribution in [2.75, 3.05) is 7.11 Å². The molecule has 0 aliphatic heterocycles. The first-order chi connectivity index (χ1) is 11.3. The maximum atomic E-state index is 5.50. The van der Waals surface area contributed by atoms with Gasteiger partial charge in [-0.15, -0.1) is 0 Å². The lowest BCUT2D eigenvalue weighted by atomic mass is 9.74. The summed E-state index contributed by atoms with van der Waals surface area (Å²) in [7, 11) is 1.75. The van der Waals surface area contributed by atoms with Crippen LogP contribution in [-0.4, -0.2) is 7.11 Å². The van der Waals surface area contributed by atoms with Crippen molar-refractivity contribution in [3.05, 3.63) is 76.4 Å². The van der Waals surface area contributed by atoms with E-state index in [0.29, 0.717) is 5.92 Å². The summed E-state index contributed by atoms with van der Waals surface area (Å²) >= 11 is 0. The molecular weight excluding hydrogens is 280 g/mol. The summed E-state index contributed by atoms with van der Waals surface area (Å²) in [5.74, 6) is 2.12. The minimum absolute atomic E-state index is 0.410. The number of hydrogen-bond donors (Lipinski definition) is 0. The molecule has 0 spiro atoms. The molecule has 2 aromatic rings. The monoisotopic (exact) mass is 300 g/mol. The van der Waals surface area contributed by atoms with Gasteiger partial charge in [0, 0.05) is 5.92 Å². The molecule has 2 unspecified atom stereocenters. The van der Waals surface area contributed by atoms with Crippen LogP contribution in [0, 0.1) is 5.92 Å². The van der Waals surface area contributed by atoms with Crippen LogP contribution in [0.2, 0.25) is 0 Å². The average molecular weight is 300 g/mol. The molecule has 0 saturated heterocycles. The summed E-state index contributed by atoms with van der Waals surface area (Å²) in [5, 5.41) is 0. The normalized spacial score (nSPS) is 23.8. The predicted octanol–water partition coefficient (Wildman–Crippen LogP) is 5.47. The Balaban J connectivity index is 1.72. The molecule has 3 aliphatic rings. The number of benzene rings is 2. The average Bonchev–Trinajstić information content (AvgIpc) is 3.08. The number of allylic oxidation sites excluding steroid dienone is 4. The van der Waals surface area contributed by atoms with Crippen molar-refractivity contribution in [1.82, 2.24) is 0 Å². The third-order valence-electron chi connectivity index (χ3n) is 5.80. The van der Waals surface area contributed by atoms with Crippen LogP contribution in [0.25, 0.3) is 11.1 Å². The second-order valence-electron chi connectivity index (χ2n) is 6.95. The first kappa shape index (κ1) is 13.2. The van der Waals surface area contributed by atoms with Gasteiger partial charge in [-0.2, -0.15) is 0 Å². The van der Waals surface area contributed by atoms with Crippen molar-refractivity contribution in [2.24, 2.45) is 5.92 Å². The summed E-state index contributed by atoms with van der Waals surface area (Å²) in [4.78, 5) is 0. The lowest BCUT2D eigenvalue weighted by Crippen LogP contribution is -2.16. The standard InChI is InChI=1S/C22H20O/c1-13-11-20-15(13)9-10-19(20)22-18-6-4-3-5-16(18)17-8-7-14(23-2)12-21(17)22/h3-9,12-13,22H,10-11H2,1-2H3. The van der Waals surface area contributed by atoms with Gasteiger partial charge >= 0.3 is 0 Å². The third-order valence-corrected chi connectivity index (χ3v) is 5.80. The number of hydrogen-bond acceptors (Lipinski definition) is 1. The summed E-state index contributed by atoms with van der Waals surface area (Å²) in [6.07, 6.45) is 4.82. The first-order valence-electron chi connectivity index (χ1n) is 8.47. The smallest absolute Gasteiger partial charge is 0.119 e. The van der Waals surface area contributed by atoms with E-state index in [4.69, 9.17) is 4.74 Å². The molecule has 0 bridgehead atoms. The van der Waals surface area contributed by atoms with E-state index in [0.717, 1.165) is 18.1 Å². The zero-order chi connectivity index (χ0) is 15.6. The van der Waals surface area contributed by atoms with E-state index >= 15 is 0 Å². The second kappa shape index (κ2) is 4.61. The van der Waals surface area contributed by atoms with Crippen LogP contribution in [0.15, 0.2) is 65.3 Å². The summed E-state index contributed by atoms with van der Waals surface area (Å²) in [6, 6.07) is 15.4. The number of rotatable bonds is 2. The molecule has 1 nitrogen and oxygen atoms in total. The molecule has 1 saturated carbocycles. The molecule has 1 heteroatoms. The first-order valence-corrected chi connectivity index (χ1v) is 8.47. The fourth-order valence-corrected chi connectivity index (χ4v) is 4.67. The molecule has 3 aliphatic carbocycles. The molecule has 0 aromatic heterocycles. The molecule has 1 fully saturated rings. The molecule has 0 amide bonds. The zero-order valence-electron chi connectivity index (χ0n) is 13.6. The highest BCUT2D eigenvalue weighted by molar-refractivity contribution is 5.82. The highest BCUT2D eigenvalue weighted by Crippen LogP contribution is 2.56. The largest absolute Gasteiger partial charge is 0.497 e. The molecule has 114 valence electrons. The topological polar surface area (TPSA) is 9.23 Å². The summed E-state index contributed by atoms with van der Waals surface area (Å²) in [5.41, 5.74) is 10.5. The van der Waals surface area contributed by atoms with E-state index in [-0.39, 0.29) is 0 Å². The number of methoxy groups -OCH3 is 1. The number of ether oxygens (including phenoxy) is 1. The maximum Gasteiger partial charge on any atom is 0.119 e. The highest BCUT2D eigenvalue weighted by atomic mass is 16.5. The second-order valence-corrected chi connectivity index (χ2v) is 6.95. The van der Waals surface area contributed by atoms with Crippen LogP contribution in [0.5, 0.6) is 5.75 Å². The Morgan fingerprint density at radius 2 is 1.83 bits per heavy atom. The molecule has 23 heavy (non-hydrogen) atoms. The third kappa shape index (κ3) is 1.68. The van der Waals surface area contributed by atoms with Gasteiger partial charge in [-0.1, -0.05) is 48.9 Å². The maximum absolute atomic E-state index is 5.50. The van der Waals surface area contributed by atoms with Crippen LogP contribution in [0.4, 0.5) is 0 Å². The Bertz CT molecular complexity index is 885. The molecule has 0 heterocycles. The molecule has 0 N–H and O–H groups in total. The summed E-state index contributed by atoms with van der Waals surface area (Å²) < 4.78 is 5.50. The van der Waals surface area contributed by atoms with Crippen LogP contribution < -0.4 is 4.74 Å². The van der Waals surface area contributed by atoms with Crippen molar-refractivity contribution in [3.63, 3.8) is 0 Å².